The maximum absolute atomic E-state index is 13.7. The molecule has 0 aromatic heterocycles. The van der Waals surface area contributed by atoms with Crippen molar-refractivity contribution in [1.29, 1.82) is 0 Å². The molecule has 5 heteroatoms. The van der Waals surface area contributed by atoms with Crippen molar-refractivity contribution in [1.82, 2.24) is 4.90 Å². The number of nitrogens with zero attached hydrogens (tertiary/aromatic N) is 1. The summed E-state index contributed by atoms with van der Waals surface area (Å²) in [6.07, 6.45) is 3.47. The van der Waals surface area contributed by atoms with E-state index in [9.17, 15) is 9.18 Å². The quantitative estimate of drug-likeness (QED) is 0.839. The van der Waals surface area contributed by atoms with Crippen LogP contribution in [0.25, 0.3) is 0 Å². The van der Waals surface area contributed by atoms with E-state index in [0.29, 0.717) is 11.6 Å². The third-order valence-electron chi connectivity index (χ3n) is 4.30. The normalized spacial score (nSPS) is 21.0. The average molecular weight is 293 g/mol. The molecule has 1 aliphatic heterocycles. The number of carbonyl (C=O) groups is 1. The summed E-state index contributed by atoms with van der Waals surface area (Å²) in [5, 5.41) is 2.65. The number of piperidine rings is 1. The number of amides is 1. The second-order valence-electron chi connectivity index (χ2n) is 5.82. The first-order valence-electron chi connectivity index (χ1n) is 7.61. The van der Waals surface area contributed by atoms with Crippen LogP contribution in [0.4, 0.5) is 15.8 Å². The highest BCUT2D eigenvalue weighted by atomic mass is 19.1. The van der Waals surface area contributed by atoms with E-state index < -0.39 is 5.82 Å². The van der Waals surface area contributed by atoms with Gasteiger partial charge in [0, 0.05) is 12.2 Å². The molecule has 1 fully saturated rings. The molecule has 4 nitrogen and oxygen atoms in total. The molecule has 0 aliphatic carbocycles. The third kappa shape index (κ3) is 3.94. The van der Waals surface area contributed by atoms with Crippen LogP contribution in [0, 0.1) is 11.7 Å². The van der Waals surface area contributed by atoms with Gasteiger partial charge in [-0.05, 0) is 50.4 Å². The molecule has 2 atom stereocenters. The summed E-state index contributed by atoms with van der Waals surface area (Å²) in [5.74, 6) is 0.00388. The van der Waals surface area contributed by atoms with E-state index in [1.807, 2.05) is 6.92 Å². The van der Waals surface area contributed by atoms with Gasteiger partial charge in [0.15, 0.2) is 0 Å². The Balaban J connectivity index is 2.00. The van der Waals surface area contributed by atoms with Crippen molar-refractivity contribution in [3.63, 3.8) is 0 Å². The molecular weight excluding hydrogens is 269 g/mol. The minimum Gasteiger partial charge on any atom is -0.399 e. The topological polar surface area (TPSA) is 58.4 Å². The highest BCUT2D eigenvalue weighted by Crippen LogP contribution is 2.22. The minimum atomic E-state index is -0.463. The molecule has 21 heavy (non-hydrogen) atoms. The summed E-state index contributed by atoms with van der Waals surface area (Å²) in [4.78, 5) is 14.5. The standard InChI is InChI=1S/C16H24FN3O/c1-3-12-5-4-8-20(10-12)11(2)16(21)19-15-9-13(18)6-7-14(15)17/h6-7,9,11-12H,3-5,8,10,18H2,1-2H3,(H,19,21). The van der Waals surface area contributed by atoms with E-state index in [1.165, 1.54) is 24.6 Å². The molecule has 1 aromatic carbocycles. The van der Waals surface area contributed by atoms with Gasteiger partial charge in [0.1, 0.15) is 5.82 Å². The molecule has 0 saturated carbocycles. The number of halogens is 1. The van der Waals surface area contributed by atoms with Gasteiger partial charge in [-0.25, -0.2) is 4.39 Å². The largest absolute Gasteiger partial charge is 0.399 e. The van der Waals surface area contributed by atoms with Crippen molar-refractivity contribution in [3.05, 3.63) is 24.0 Å². The van der Waals surface area contributed by atoms with E-state index >= 15 is 0 Å². The number of nitrogens with one attached hydrogen (secondary N) is 1. The first-order chi connectivity index (χ1) is 10.0. The average Bonchev–Trinajstić information content (AvgIpc) is 2.50. The Hall–Kier alpha value is -1.62. The Kier molecular flexibility index (Phi) is 5.17. The smallest absolute Gasteiger partial charge is 0.241 e. The number of nitrogens with two attached hydrogens (primary N) is 1. The minimum absolute atomic E-state index is 0.149. The van der Waals surface area contributed by atoms with Gasteiger partial charge in [-0.1, -0.05) is 13.3 Å². The SMILES string of the molecule is CCC1CCCN(C(C)C(=O)Nc2cc(N)ccc2F)C1. The maximum Gasteiger partial charge on any atom is 0.241 e. The summed E-state index contributed by atoms with van der Waals surface area (Å²) >= 11 is 0. The molecule has 1 aliphatic rings. The van der Waals surface area contributed by atoms with Crippen LogP contribution in [0.15, 0.2) is 18.2 Å². The van der Waals surface area contributed by atoms with Crippen LogP contribution in [-0.2, 0) is 4.79 Å². The van der Waals surface area contributed by atoms with Gasteiger partial charge in [-0.3, -0.25) is 9.69 Å². The van der Waals surface area contributed by atoms with E-state index in [1.54, 1.807) is 0 Å². The van der Waals surface area contributed by atoms with Gasteiger partial charge in [-0.2, -0.15) is 0 Å². The van der Waals surface area contributed by atoms with Crippen molar-refractivity contribution in [2.45, 2.75) is 39.2 Å². The zero-order chi connectivity index (χ0) is 15.4. The second-order valence-corrected chi connectivity index (χ2v) is 5.82. The van der Waals surface area contributed by atoms with Crippen molar-refractivity contribution < 1.29 is 9.18 Å². The number of rotatable bonds is 4. The molecule has 2 unspecified atom stereocenters. The zero-order valence-electron chi connectivity index (χ0n) is 12.7. The van der Waals surface area contributed by atoms with Gasteiger partial charge in [0.05, 0.1) is 11.7 Å². The van der Waals surface area contributed by atoms with Gasteiger partial charge >= 0.3 is 0 Å². The first-order valence-corrected chi connectivity index (χ1v) is 7.61. The molecule has 1 aromatic rings. The van der Waals surface area contributed by atoms with E-state index in [2.05, 4.69) is 17.1 Å². The lowest BCUT2D eigenvalue weighted by molar-refractivity contribution is -0.121. The molecule has 3 N–H and O–H groups in total. The second kappa shape index (κ2) is 6.89. The third-order valence-corrected chi connectivity index (χ3v) is 4.30. The van der Waals surface area contributed by atoms with Crippen molar-refractivity contribution in [3.8, 4) is 0 Å². The first kappa shape index (κ1) is 15.8. The molecule has 1 amide bonds. The summed E-state index contributed by atoms with van der Waals surface area (Å²) < 4.78 is 13.7. The lowest BCUT2D eigenvalue weighted by Crippen LogP contribution is -2.47. The fraction of sp³-hybridized carbons (Fsp3) is 0.562. The summed E-state index contributed by atoms with van der Waals surface area (Å²) in [5.41, 5.74) is 6.21. The predicted molar refractivity (Wildman–Crippen MR) is 83.5 cm³/mol. The molecule has 0 radical (unpaired) electrons. The van der Waals surface area contributed by atoms with E-state index in [0.717, 1.165) is 25.9 Å². The van der Waals surface area contributed by atoms with Gasteiger partial charge < -0.3 is 11.1 Å². The van der Waals surface area contributed by atoms with Crippen LogP contribution < -0.4 is 11.1 Å². The molecular formula is C16H24FN3O. The number of hydrogen-bond acceptors (Lipinski definition) is 3. The Labute approximate surface area is 125 Å². The van der Waals surface area contributed by atoms with E-state index in [4.69, 9.17) is 5.73 Å². The highest BCUT2D eigenvalue weighted by molar-refractivity contribution is 5.95. The molecule has 0 spiro atoms. The van der Waals surface area contributed by atoms with Crippen molar-refractivity contribution in [2.75, 3.05) is 24.1 Å². The van der Waals surface area contributed by atoms with Crippen LogP contribution in [0.1, 0.15) is 33.1 Å². The van der Waals surface area contributed by atoms with Crippen molar-refractivity contribution in [2.24, 2.45) is 5.92 Å². The van der Waals surface area contributed by atoms with E-state index in [-0.39, 0.29) is 17.6 Å². The van der Waals surface area contributed by atoms with Gasteiger partial charge in [0.2, 0.25) is 5.91 Å². The molecule has 2 rings (SSSR count). The fourth-order valence-electron chi connectivity index (χ4n) is 2.82. The van der Waals surface area contributed by atoms with Crippen LogP contribution in [0.5, 0.6) is 0 Å². The fourth-order valence-corrected chi connectivity index (χ4v) is 2.82. The zero-order valence-corrected chi connectivity index (χ0v) is 12.7. The number of likely N-dealkylation sites (tertiary alicyclic amines) is 1. The van der Waals surface area contributed by atoms with Gasteiger partial charge in [0.25, 0.3) is 0 Å². The summed E-state index contributed by atoms with van der Waals surface area (Å²) in [7, 11) is 0. The lowest BCUT2D eigenvalue weighted by Gasteiger charge is -2.35. The molecule has 0 bridgehead atoms. The molecule has 1 saturated heterocycles. The Morgan fingerprint density at radius 1 is 1.57 bits per heavy atom. The number of anilines is 2. The lowest BCUT2D eigenvalue weighted by atomic mass is 9.94. The predicted octanol–water partition coefficient (Wildman–Crippen LogP) is 2.86. The number of carbonyl (C=O) groups excluding carboxylic acids is 1. The van der Waals surface area contributed by atoms with Crippen LogP contribution in [0.2, 0.25) is 0 Å². The Bertz CT molecular complexity index is 506. The van der Waals surface area contributed by atoms with Crippen LogP contribution in [-0.4, -0.2) is 29.9 Å². The van der Waals surface area contributed by atoms with Crippen LogP contribution in [0.3, 0.4) is 0 Å². The van der Waals surface area contributed by atoms with Crippen molar-refractivity contribution >= 4 is 17.3 Å². The number of benzene rings is 1. The highest BCUT2D eigenvalue weighted by Gasteiger charge is 2.27. The summed E-state index contributed by atoms with van der Waals surface area (Å²) in [6.45, 7) is 5.91. The monoisotopic (exact) mass is 293 g/mol. The van der Waals surface area contributed by atoms with Gasteiger partial charge in [-0.15, -0.1) is 0 Å². The number of nitrogen functional groups attached to an aromatic ring is 1. The molecule has 116 valence electrons. The Morgan fingerprint density at radius 2 is 2.33 bits per heavy atom. The Morgan fingerprint density at radius 3 is 3.05 bits per heavy atom. The molecule has 1 heterocycles. The number of hydrogen-bond donors (Lipinski definition) is 2. The van der Waals surface area contributed by atoms with Crippen LogP contribution >= 0.6 is 0 Å². The maximum atomic E-state index is 13.7. The summed E-state index contributed by atoms with van der Waals surface area (Å²) in [6, 6.07) is 3.93.